The Morgan fingerprint density at radius 3 is 2.49 bits per heavy atom. The van der Waals surface area contributed by atoms with Gasteiger partial charge >= 0.3 is 0 Å². The average molecular weight is 478 g/mol. The lowest BCUT2D eigenvalue weighted by Crippen LogP contribution is -2.42. The predicted molar refractivity (Wildman–Crippen MR) is 128 cm³/mol. The Labute approximate surface area is 203 Å². The van der Waals surface area contributed by atoms with Crippen LogP contribution in [0.2, 0.25) is 0 Å². The van der Waals surface area contributed by atoms with Gasteiger partial charge in [-0.15, -0.1) is 0 Å². The first-order valence-electron chi connectivity index (χ1n) is 11.2. The summed E-state index contributed by atoms with van der Waals surface area (Å²) in [5.74, 6) is 0.824. The van der Waals surface area contributed by atoms with E-state index in [0.717, 1.165) is 25.1 Å². The van der Waals surface area contributed by atoms with Crippen molar-refractivity contribution < 1.29 is 23.8 Å². The fourth-order valence-electron chi connectivity index (χ4n) is 3.34. The number of methoxy groups -OCH3 is 1. The molecule has 1 N–H and O–H groups in total. The summed E-state index contributed by atoms with van der Waals surface area (Å²) < 4.78 is 16.9. The molecule has 1 aliphatic rings. The van der Waals surface area contributed by atoms with Crippen molar-refractivity contribution in [2.75, 3.05) is 32.1 Å². The van der Waals surface area contributed by atoms with Gasteiger partial charge in [-0.2, -0.15) is 0 Å². The molecule has 0 saturated carbocycles. The molecule has 4 rings (SSSR count). The van der Waals surface area contributed by atoms with Crippen molar-refractivity contribution in [1.82, 2.24) is 19.9 Å². The van der Waals surface area contributed by atoms with Gasteiger partial charge in [0.05, 0.1) is 19.0 Å². The molecule has 0 bridgehead atoms. The van der Waals surface area contributed by atoms with E-state index >= 15 is 0 Å². The van der Waals surface area contributed by atoms with E-state index in [1.165, 1.54) is 12.4 Å². The highest BCUT2D eigenvalue weighted by molar-refractivity contribution is 6.04. The van der Waals surface area contributed by atoms with Crippen LogP contribution in [0.1, 0.15) is 39.8 Å². The molecule has 2 aromatic heterocycles. The van der Waals surface area contributed by atoms with Gasteiger partial charge in [-0.3, -0.25) is 9.59 Å². The number of nitrogens with zero attached hydrogens (tertiary/aromatic N) is 4. The molecule has 0 spiro atoms. The van der Waals surface area contributed by atoms with Crippen LogP contribution < -0.4 is 14.8 Å². The van der Waals surface area contributed by atoms with E-state index in [9.17, 15) is 9.59 Å². The van der Waals surface area contributed by atoms with E-state index in [1.807, 2.05) is 19.9 Å². The number of pyridine rings is 1. The van der Waals surface area contributed by atoms with Crippen LogP contribution in [0, 0.1) is 6.92 Å². The van der Waals surface area contributed by atoms with Crippen molar-refractivity contribution in [3.8, 4) is 17.4 Å². The third kappa shape index (κ3) is 6.30. The average Bonchev–Trinajstić information content (AvgIpc) is 2.80. The second-order valence-corrected chi connectivity index (χ2v) is 8.24. The van der Waals surface area contributed by atoms with Gasteiger partial charge < -0.3 is 24.4 Å². The monoisotopic (exact) mass is 477 g/mol. The van der Waals surface area contributed by atoms with Gasteiger partial charge in [-0.25, -0.2) is 15.0 Å². The Bertz CT molecular complexity index is 1180. The number of likely N-dealkylation sites (tertiary alicyclic amines) is 1. The van der Waals surface area contributed by atoms with Crippen LogP contribution in [0.4, 0.5) is 5.82 Å². The lowest BCUT2D eigenvalue weighted by atomic mass is 10.2. The molecule has 10 heteroatoms. The van der Waals surface area contributed by atoms with Crippen LogP contribution in [0.5, 0.6) is 17.4 Å². The summed E-state index contributed by atoms with van der Waals surface area (Å²) in [6, 6.07) is 8.41. The minimum Gasteiger partial charge on any atom is -0.488 e. The van der Waals surface area contributed by atoms with Crippen molar-refractivity contribution in [2.24, 2.45) is 0 Å². The van der Waals surface area contributed by atoms with Crippen LogP contribution in [-0.2, 0) is 4.74 Å². The lowest BCUT2D eigenvalue weighted by Gasteiger charge is -2.30. The molecule has 3 heterocycles. The molecule has 0 radical (unpaired) electrons. The minimum absolute atomic E-state index is 0.151. The first-order chi connectivity index (χ1) is 16.9. The molecule has 1 fully saturated rings. The van der Waals surface area contributed by atoms with Crippen LogP contribution >= 0.6 is 0 Å². The number of nitrogens with one attached hydrogen (secondary N) is 1. The molecular formula is C25H27N5O5. The number of amides is 2. The number of carbonyl (C=O) groups excluding carboxylic acids is 2. The van der Waals surface area contributed by atoms with Crippen molar-refractivity contribution in [3.05, 3.63) is 65.7 Å². The molecule has 1 aromatic carbocycles. The number of rotatable bonds is 9. The van der Waals surface area contributed by atoms with E-state index < -0.39 is 0 Å². The quantitative estimate of drug-likeness (QED) is 0.498. The Balaban J connectivity index is 1.54. The van der Waals surface area contributed by atoms with E-state index in [2.05, 4.69) is 20.3 Å². The van der Waals surface area contributed by atoms with Gasteiger partial charge in [0.15, 0.2) is 0 Å². The first-order valence-corrected chi connectivity index (χ1v) is 11.2. The number of hydrogen-bond donors (Lipinski definition) is 1. The molecule has 35 heavy (non-hydrogen) atoms. The summed E-state index contributed by atoms with van der Waals surface area (Å²) in [4.78, 5) is 39.5. The van der Waals surface area contributed by atoms with Crippen LogP contribution in [0.3, 0.4) is 0 Å². The molecule has 10 nitrogen and oxygen atoms in total. The zero-order chi connectivity index (χ0) is 24.8. The Morgan fingerprint density at radius 2 is 1.86 bits per heavy atom. The standard InChI is InChI=1S/C25H27N5O5/c1-16-5-6-22(27-12-16)29-24(31)18-9-19(34-17(2)15-33-3)11-20(10-18)35-23-14-26-21(13-28-23)25(32)30-7-4-8-30/h5-6,9-14,17H,4,7-8,15H2,1-3H3,(H,27,29,31). The van der Waals surface area contributed by atoms with Gasteiger partial charge in [0.2, 0.25) is 5.88 Å². The topological polar surface area (TPSA) is 116 Å². The van der Waals surface area contributed by atoms with Gasteiger partial charge in [0.1, 0.15) is 29.1 Å². The third-order valence-corrected chi connectivity index (χ3v) is 5.25. The van der Waals surface area contributed by atoms with E-state index in [1.54, 1.807) is 42.5 Å². The normalized spacial score (nSPS) is 13.5. The highest BCUT2D eigenvalue weighted by Gasteiger charge is 2.23. The lowest BCUT2D eigenvalue weighted by molar-refractivity contribution is 0.0645. The zero-order valence-corrected chi connectivity index (χ0v) is 19.9. The Kier molecular flexibility index (Phi) is 7.51. The molecule has 0 aliphatic carbocycles. The Morgan fingerprint density at radius 1 is 1.06 bits per heavy atom. The third-order valence-electron chi connectivity index (χ3n) is 5.25. The molecular weight excluding hydrogens is 450 g/mol. The smallest absolute Gasteiger partial charge is 0.274 e. The van der Waals surface area contributed by atoms with Gasteiger partial charge in [-0.1, -0.05) is 6.07 Å². The van der Waals surface area contributed by atoms with Crippen molar-refractivity contribution >= 4 is 17.6 Å². The fraction of sp³-hybridized carbons (Fsp3) is 0.320. The second kappa shape index (κ2) is 10.9. The molecule has 1 atom stereocenters. The van der Waals surface area contributed by atoms with Crippen molar-refractivity contribution in [3.63, 3.8) is 0 Å². The molecule has 1 unspecified atom stereocenters. The number of anilines is 1. The summed E-state index contributed by atoms with van der Waals surface area (Å²) in [6.45, 7) is 5.61. The highest BCUT2D eigenvalue weighted by atomic mass is 16.5. The number of ether oxygens (including phenoxy) is 3. The minimum atomic E-state index is -0.377. The molecule has 182 valence electrons. The Hall–Kier alpha value is -4.05. The summed E-state index contributed by atoms with van der Waals surface area (Å²) in [5.41, 5.74) is 1.55. The maximum Gasteiger partial charge on any atom is 0.274 e. The maximum absolute atomic E-state index is 12.9. The number of aromatic nitrogens is 3. The van der Waals surface area contributed by atoms with Crippen molar-refractivity contribution in [2.45, 2.75) is 26.4 Å². The summed E-state index contributed by atoms with van der Waals surface area (Å²) in [7, 11) is 1.59. The van der Waals surface area contributed by atoms with E-state index in [0.29, 0.717) is 29.5 Å². The molecule has 3 aromatic rings. The van der Waals surface area contributed by atoms with Gasteiger partial charge in [-0.05, 0) is 44.0 Å². The second-order valence-electron chi connectivity index (χ2n) is 8.24. The van der Waals surface area contributed by atoms with Gasteiger partial charge in [0.25, 0.3) is 11.8 Å². The largest absolute Gasteiger partial charge is 0.488 e. The van der Waals surface area contributed by atoms with Crippen LogP contribution in [0.25, 0.3) is 0 Å². The van der Waals surface area contributed by atoms with Crippen LogP contribution in [-0.4, -0.2) is 64.6 Å². The molecule has 2 amide bonds. The van der Waals surface area contributed by atoms with Crippen LogP contribution in [0.15, 0.2) is 48.9 Å². The number of aryl methyl sites for hydroxylation is 1. The fourth-order valence-corrected chi connectivity index (χ4v) is 3.34. The number of benzene rings is 1. The molecule has 1 aliphatic heterocycles. The SMILES string of the molecule is COCC(C)Oc1cc(Oc2cnc(C(=O)N3CCC3)cn2)cc(C(=O)Nc2ccc(C)cn2)c1. The summed E-state index contributed by atoms with van der Waals surface area (Å²) in [5, 5.41) is 2.77. The predicted octanol–water partition coefficient (Wildman–Crippen LogP) is 3.48. The first kappa shape index (κ1) is 24.1. The van der Waals surface area contributed by atoms with Gasteiger partial charge in [0, 0.05) is 38.0 Å². The zero-order valence-electron chi connectivity index (χ0n) is 19.9. The maximum atomic E-state index is 12.9. The summed E-state index contributed by atoms with van der Waals surface area (Å²) in [6.07, 6.45) is 5.18. The molecule has 1 saturated heterocycles. The number of carbonyl (C=O) groups is 2. The highest BCUT2D eigenvalue weighted by Crippen LogP contribution is 2.28. The van der Waals surface area contributed by atoms with E-state index in [-0.39, 0.29) is 29.5 Å². The van der Waals surface area contributed by atoms with E-state index in [4.69, 9.17) is 14.2 Å². The van der Waals surface area contributed by atoms with Crippen molar-refractivity contribution in [1.29, 1.82) is 0 Å². The number of hydrogen-bond acceptors (Lipinski definition) is 8. The summed E-state index contributed by atoms with van der Waals surface area (Å²) >= 11 is 0.